The molecular formula is C28H24FIN2O5. The van der Waals surface area contributed by atoms with Gasteiger partial charge in [-0.3, -0.25) is 14.9 Å². The molecule has 0 spiro atoms. The monoisotopic (exact) mass is 614 g/mol. The lowest BCUT2D eigenvalue weighted by Crippen LogP contribution is -2.54. The topological polar surface area (TPSA) is 84.9 Å². The minimum atomic E-state index is -0.827. The highest BCUT2D eigenvalue weighted by Gasteiger charge is 2.36. The van der Waals surface area contributed by atoms with Gasteiger partial charge in [-0.15, -0.1) is 0 Å². The van der Waals surface area contributed by atoms with Crippen LogP contribution in [0.4, 0.5) is 14.9 Å². The zero-order valence-corrected chi connectivity index (χ0v) is 22.4. The van der Waals surface area contributed by atoms with E-state index in [1.807, 2.05) is 26.0 Å². The minimum Gasteiger partial charge on any atom is -0.494 e. The van der Waals surface area contributed by atoms with Crippen molar-refractivity contribution >= 4 is 52.2 Å². The Hall–Kier alpha value is -3.73. The van der Waals surface area contributed by atoms with Crippen molar-refractivity contribution in [2.75, 3.05) is 18.1 Å². The molecule has 190 valence electrons. The van der Waals surface area contributed by atoms with Crippen LogP contribution in [0.25, 0.3) is 6.08 Å². The van der Waals surface area contributed by atoms with E-state index in [0.717, 1.165) is 19.6 Å². The number of nitrogens with one attached hydrogen (secondary N) is 1. The molecule has 4 amide bonds. The van der Waals surface area contributed by atoms with E-state index >= 15 is 0 Å². The first kappa shape index (κ1) is 26.3. The lowest BCUT2D eigenvalue weighted by atomic mass is 10.0. The van der Waals surface area contributed by atoms with E-state index < -0.39 is 17.8 Å². The van der Waals surface area contributed by atoms with Crippen LogP contribution in [-0.4, -0.2) is 31.1 Å². The van der Waals surface area contributed by atoms with Crippen molar-refractivity contribution in [3.05, 3.63) is 92.3 Å². The molecule has 0 atom stereocenters. The van der Waals surface area contributed by atoms with E-state index in [9.17, 15) is 18.8 Å². The first-order valence-corrected chi connectivity index (χ1v) is 12.7. The second-order valence-corrected chi connectivity index (χ2v) is 9.27. The van der Waals surface area contributed by atoms with Gasteiger partial charge in [0.15, 0.2) is 0 Å². The van der Waals surface area contributed by atoms with Crippen LogP contribution in [0.1, 0.15) is 30.5 Å². The number of rotatable bonds is 8. The summed E-state index contributed by atoms with van der Waals surface area (Å²) in [6.45, 7) is 4.58. The normalized spacial score (nSPS) is 14.6. The third kappa shape index (κ3) is 5.99. The van der Waals surface area contributed by atoms with Crippen molar-refractivity contribution in [3.8, 4) is 11.5 Å². The van der Waals surface area contributed by atoms with Gasteiger partial charge >= 0.3 is 6.03 Å². The van der Waals surface area contributed by atoms with Gasteiger partial charge in [-0.1, -0.05) is 12.1 Å². The van der Waals surface area contributed by atoms with E-state index in [2.05, 4.69) is 27.9 Å². The Kier molecular flexibility index (Phi) is 8.22. The number of amides is 4. The van der Waals surface area contributed by atoms with Gasteiger partial charge in [0, 0.05) is 15.6 Å². The molecule has 1 N–H and O–H groups in total. The molecule has 3 aromatic carbocycles. The fourth-order valence-electron chi connectivity index (χ4n) is 3.94. The zero-order chi connectivity index (χ0) is 26.5. The number of carbonyl (C=O) groups is 3. The molecule has 1 aliphatic heterocycles. The molecule has 1 saturated heterocycles. The van der Waals surface area contributed by atoms with Crippen LogP contribution in [-0.2, 0) is 16.0 Å². The van der Waals surface area contributed by atoms with Gasteiger partial charge in [0.05, 0.1) is 18.9 Å². The van der Waals surface area contributed by atoms with Crippen molar-refractivity contribution in [1.82, 2.24) is 5.32 Å². The first-order valence-electron chi connectivity index (χ1n) is 11.6. The molecule has 0 aromatic heterocycles. The Bertz CT molecular complexity index is 1390. The van der Waals surface area contributed by atoms with Crippen LogP contribution in [0, 0.1) is 9.39 Å². The predicted octanol–water partition coefficient (Wildman–Crippen LogP) is 5.48. The Labute approximate surface area is 227 Å². The minimum absolute atomic E-state index is 0.190. The highest BCUT2D eigenvalue weighted by molar-refractivity contribution is 14.1. The van der Waals surface area contributed by atoms with Crippen molar-refractivity contribution in [1.29, 1.82) is 0 Å². The molecule has 0 bridgehead atoms. The highest BCUT2D eigenvalue weighted by atomic mass is 127. The largest absolute Gasteiger partial charge is 0.494 e. The molecule has 0 radical (unpaired) electrons. The number of ether oxygens (including phenoxy) is 2. The lowest BCUT2D eigenvalue weighted by molar-refractivity contribution is -0.122. The number of nitrogens with zero attached hydrogens (tertiary/aromatic N) is 1. The van der Waals surface area contributed by atoms with E-state index in [1.165, 1.54) is 18.2 Å². The molecule has 37 heavy (non-hydrogen) atoms. The second-order valence-electron chi connectivity index (χ2n) is 8.10. The average Bonchev–Trinajstić information content (AvgIpc) is 2.85. The SMILES string of the molecule is CCOc1ccc(N2C(=O)NC(=O)/C(=C\c3cc(I)c(Cc4cccc(F)c4)c(OCC)c3)C2=O)cc1. The summed E-state index contributed by atoms with van der Waals surface area (Å²) in [6, 6.07) is 15.5. The van der Waals surface area contributed by atoms with Crippen LogP contribution >= 0.6 is 22.6 Å². The maximum absolute atomic E-state index is 13.7. The molecule has 9 heteroatoms. The fraction of sp³-hybridized carbons (Fsp3) is 0.179. The third-order valence-electron chi connectivity index (χ3n) is 5.57. The number of hydrogen-bond donors (Lipinski definition) is 1. The number of hydrogen-bond acceptors (Lipinski definition) is 5. The van der Waals surface area contributed by atoms with E-state index in [1.54, 1.807) is 36.4 Å². The molecule has 3 aromatic rings. The molecule has 0 saturated carbocycles. The number of anilines is 1. The van der Waals surface area contributed by atoms with Crippen LogP contribution in [0.5, 0.6) is 11.5 Å². The molecular weight excluding hydrogens is 590 g/mol. The fourth-order valence-corrected chi connectivity index (χ4v) is 4.75. The summed E-state index contributed by atoms with van der Waals surface area (Å²) >= 11 is 2.15. The number of benzene rings is 3. The number of halogens is 2. The van der Waals surface area contributed by atoms with Crippen molar-refractivity contribution in [2.45, 2.75) is 20.3 Å². The maximum Gasteiger partial charge on any atom is 0.335 e. The quantitative estimate of drug-likeness (QED) is 0.206. The van der Waals surface area contributed by atoms with Crippen molar-refractivity contribution in [2.24, 2.45) is 0 Å². The van der Waals surface area contributed by atoms with E-state index in [0.29, 0.717) is 42.4 Å². The zero-order valence-electron chi connectivity index (χ0n) is 20.2. The Morgan fingerprint density at radius 1 is 0.973 bits per heavy atom. The van der Waals surface area contributed by atoms with Crippen LogP contribution < -0.4 is 19.7 Å². The number of barbiturate groups is 1. The lowest BCUT2D eigenvalue weighted by Gasteiger charge is -2.26. The van der Waals surface area contributed by atoms with Gasteiger partial charge < -0.3 is 9.47 Å². The predicted molar refractivity (Wildman–Crippen MR) is 146 cm³/mol. The summed E-state index contributed by atoms with van der Waals surface area (Å²) in [7, 11) is 0. The van der Waals surface area contributed by atoms with Crippen LogP contribution in [0.2, 0.25) is 0 Å². The Balaban J connectivity index is 1.68. The van der Waals surface area contributed by atoms with E-state index in [-0.39, 0.29) is 11.4 Å². The molecule has 7 nitrogen and oxygen atoms in total. The summed E-state index contributed by atoms with van der Waals surface area (Å²) in [6.07, 6.45) is 1.88. The molecule has 0 aliphatic carbocycles. The van der Waals surface area contributed by atoms with Gasteiger partial charge in [0.1, 0.15) is 22.9 Å². The van der Waals surface area contributed by atoms with Crippen LogP contribution in [0.3, 0.4) is 0 Å². The van der Waals surface area contributed by atoms with Gasteiger partial charge in [0.25, 0.3) is 11.8 Å². The smallest absolute Gasteiger partial charge is 0.335 e. The number of urea groups is 1. The summed E-state index contributed by atoms with van der Waals surface area (Å²) in [5.41, 5.74) is 2.32. The standard InChI is InChI=1S/C28H24FIN2O5/c1-3-36-21-10-8-20(9-11-21)32-27(34)23(26(33)31-28(32)35)14-18-15-24(30)22(25(16-18)37-4-2)13-17-6-5-7-19(29)12-17/h5-12,14-16H,3-4,13H2,1-2H3,(H,31,33,35)/b23-14+. The molecule has 1 heterocycles. The third-order valence-corrected chi connectivity index (χ3v) is 6.53. The molecule has 1 aliphatic rings. The summed E-state index contributed by atoms with van der Waals surface area (Å²) in [5, 5.41) is 2.23. The van der Waals surface area contributed by atoms with Crippen molar-refractivity contribution in [3.63, 3.8) is 0 Å². The average molecular weight is 614 g/mol. The number of imide groups is 2. The van der Waals surface area contributed by atoms with Gasteiger partial charge in [-0.2, -0.15) is 0 Å². The Morgan fingerprint density at radius 3 is 2.38 bits per heavy atom. The van der Waals surface area contributed by atoms with Gasteiger partial charge in [-0.05, 0) is 102 Å². The molecule has 4 rings (SSSR count). The first-order chi connectivity index (χ1) is 17.8. The van der Waals surface area contributed by atoms with E-state index in [4.69, 9.17) is 9.47 Å². The number of carbonyl (C=O) groups excluding carboxylic acids is 3. The molecule has 1 fully saturated rings. The highest BCUT2D eigenvalue weighted by Crippen LogP contribution is 2.31. The van der Waals surface area contributed by atoms with Crippen LogP contribution in [0.15, 0.2) is 66.2 Å². The molecule has 0 unspecified atom stereocenters. The van der Waals surface area contributed by atoms with Crippen molar-refractivity contribution < 1.29 is 28.2 Å². The summed E-state index contributed by atoms with van der Waals surface area (Å²) in [5.74, 6) is -0.683. The van der Waals surface area contributed by atoms with Gasteiger partial charge in [-0.25, -0.2) is 14.1 Å². The summed E-state index contributed by atoms with van der Waals surface area (Å²) < 4.78 is 25.8. The maximum atomic E-state index is 13.7. The Morgan fingerprint density at radius 2 is 1.70 bits per heavy atom. The second kappa shape index (κ2) is 11.5. The van der Waals surface area contributed by atoms with Gasteiger partial charge in [0.2, 0.25) is 0 Å². The summed E-state index contributed by atoms with van der Waals surface area (Å²) in [4.78, 5) is 39.3.